The average molecular weight is 212 g/mol. The number of rotatable bonds is 7. The van der Waals surface area contributed by atoms with Crippen LogP contribution in [0.2, 0.25) is 0 Å². The molecule has 0 spiro atoms. The van der Waals surface area contributed by atoms with Crippen molar-refractivity contribution in [2.24, 2.45) is 11.8 Å². The zero-order valence-electron chi connectivity index (χ0n) is 10.4. The molecule has 0 radical (unpaired) electrons. The van der Waals surface area contributed by atoms with Gasteiger partial charge in [0.2, 0.25) is 0 Å². The molecule has 3 atom stereocenters. The molecule has 0 saturated heterocycles. The summed E-state index contributed by atoms with van der Waals surface area (Å²) in [4.78, 5) is 0. The highest BCUT2D eigenvalue weighted by Crippen LogP contribution is 2.46. The lowest BCUT2D eigenvalue weighted by Crippen LogP contribution is -2.14. The van der Waals surface area contributed by atoms with Gasteiger partial charge in [-0.3, -0.25) is 0 Å². The van der Waals surface area contributed by atoms with Crippen LogP contribution in [0.4, 0.5) is 4.39 Å². The van der Waals surface area contributed by atoms with E-state index in [1.54, 1.807) is 13.0 Å². The second-order valence-corrected chi connectivity index (χ2v) is 5.21. The maximum atomic E-state index is 13.8. The molecule has 15 heavy (non-hydrogen) atoms. The van der Waals surface area contributed by atoms with Gasteiger partial charge in [0.05, 0.1) is 0 Å². The first kappa shape index (κ1) is 12.7. The lowest BCUT2D eigenvalue weighted by atomic mass is 9.98. The van der Waals surface area contributed by atoms with Gasteiger partial charge in [-0.15, -0.1) is 0 Å². The Morgan fingerprint density at radius 1 is 1.33 bits per heavy atom. The zero-order chi connectivity index (χ0) is 11.3. The van der Waals surface area contributed by atoms with E-state index < -0.39 is 5.67 Å². The maximum absolute atomic E-state index is 13.8. The molecule has 3 unspecified atom stereocenters. The fourth-order valence-corrected chi connectivity index (χ4v) is 2.38. The maximum Gasteiger partial charge on any atom is 0.126 e. The minimum Gasteiger partial charge on any atom is -0.240 e. The number of halogens is 1. The Balaban J connectivity index is 2.12. The van der Waals surface area contributed by atoms with Crippen LogP contribution in [0.15, 0.2) is 12.2 Å². The molecule has 1 aliphatic carbocycles. The third-order valence-electron chi connectivity index (χ3n) is 3.52. The van der Waals surface area contributed by atoms with Crippen LogP contribution < -0.4 is 0 Å². The lowest BCUT2D eigenvalue weighted by molar-refractivity contribution is 0.229. The molecule has 1 heteroatoms. The molecule has 0 aromatic rings. The van der Waals surface area contributed by atoms with Crippen LogP contribution in [0.1, 0.15) is 59.3 Å². The summed E-state index contributed by atoms with van der Waals surface area (Å²) < 4.78 is 13.8. The molecule has 1 aliphatic rings. The van der Waals surface area contributed by atoms with E-state index in [1.807, 2.05) is 13.0 Å². The topological polar surface area (TPSA) is 0 Å². The van der Waals surface area contributed by atoms with Crippen LogP contribution in [-0.4, -0.2) is 5.67 Å². The normalized spacial score (nSPS) is 29.3. The highest BCUT2D eigenvalue weighted by Gasteiger charge is 2.37. The molecule has 88 valence electrons. The van der Waals surface area contributed by atoms with E-state index in [0.717, 1.165) is 18.3 Å². The van der Waals surface area contributed by atoms with Crippen molar-refractivity contribution in [1.29, 1.82) is 0 Å². The Labute approximate surface area is 94.0 Å². The highest BCUT2D eigenvalue weighted by molar-refractivity contribution is 4.98. The molecule has 0 nitrogen and oxygen atoms in total. The minimum atomic E-state index is -1.08. The Morgan fingerprint density at radius 3 is 2.60 bits per heavy atom. The van der Waals surface area contributed by atoms with E-state index in [0.29, 0.717) is 6.42 Å². The van der Waals surface area contributed by atoms with Gasteiger partial charge in [-0.2, -0.15) is 0 Å². The Kier molecular flexibility index (Phi) is 4.82. The molecule has 0 amide bonds. The SMILES string of the molecule is C/C=C/C(C)(F)CCC1CC1CCCC. The summed E-state index contributed by atoms with van der Waals surface area (Å²) >= 11 is 0. The fourth-order valence-electron chi connectivity index (χ4n) is 2.38. The van der Waals surface area contributed by atoms with Gasteiger partial charge in [0.25, 0.3) is 0 Å². The van der Waals surface area contributed by atoms with E-state index in [2.05, 4.69) is 6.92 Å². The number of allylic oxidation sites excluding steroid dienone is 2. The highest BCUT2D eigenvalue weighted by atomic mass is 19.1. The molecule has 0 aromatic carbocycles. The van der Waals surface area contributed by atoms with Crippen molar-refractivity contribution >= 4 is 0 Å². The minimum absolute atomic E-state index is 0.699. The van der Waals surface area contributed by atoms with Crippen molar-refractivity contribution in [3.8, 4) is 0 Å². The Bertz CT molecular complexity index is 205. The van der Waals surface area contributed by atoms with Gasteiger partial charge in [0.15, 0.2) is 0 Å². The molecule has 1 fully saturated rings. The summed E-state index contributed by atoms with van der Waals surface area (Å²) in [6.07, 6.45) is 10.7. The summed E-state index contributed by atoms with van der Waals surface area (Å²) in [5, 5.41) is 0. The number of hydrogen-bond donors (Lipinski definition) is 0. The molecule has 0 bridgehead atoms. The smallest absolute Gasteiger partial charge is 0.126 e. The summed E-state index contributed by atoms with van der Waals surface area (Å²) in [5.41, 5.74) is -1.08. The fraction of sp³-hybridized carbons (Fsp3) is 0.857. The summed E-state index contributed by atoms with van der Waals surface area (Å²) in [6.45, 7) is 5.82. The summed E-state index contributed by atoms with van der Waals surface area (Å²) in [5.74, 6) is 1.75. The number of hydrogen-bond acceptors (Lipinski definition) is 0. The van der Waals surface area contributed by atoms with Crippen molar-refractivity contribution in [1.82, 2.24) is 0 Å². The van der Waals surface area contributed by atoms with Crippen molar-refractivity contribution in [2.45, 2.75) is 65.0 Å². The van der Waals surface area contributed by atoms with Gasteiger partial charge in [0.1, 0.15) is 5.67 Å². The average Bonchev–Trinajstić information content (AvgIpc) is 2.90. The predicted octanol–water partition coefficient (Wildman–Crippen LogP) is 4.90. The molecular weight excluding hydrogens is 187 g/mol. The lowest BCUT2D eigenvalue weighted by Gasteiger charge is -2.15. The molecule has 1 saturated carbocycles. The second-order valence-electron chi connectivity index (χ2n) is 5.21. The van der Waals surface area contributed by atoms with E-state index in [1.165, 1.54) is 25.7 Å². The monoisotopic (exact) mass is 212 g/mol. The van der Waals surface area contributed by atoms with Crippen molar-refractivity contribution in [2.75, 3.05) is 0 Å². The Morgan fingerprint density at radius 2 is 2.00 bits per heavy atom. The molecule has 0 aromatic heterocycles. The number of unbranched alkanes of at least 4 members (excludes halogenated alkanes) is 1. The molecule has 0 aliphatic heterocycles. The van der Waals surface area contributed by atoms with Crippen LogP contribution in [0.5, 0.6) is 0 Å². The standard InChI is InChI=1S/C14H25F/c1-4-6-7-12-11-13(12)8-10-14(3,15)9-5-2/h5,9,12-13H,4,6-8,10-11H2,1-3H3/b9-5+. The summed E-state index contributed by atoms with van der Waals surface area (Å²) in [7, 11) is 0. The zero-order valence-corrected chi connectivity index (χ0v) is 10.4. The number of alkyl halides is 1. The molecule has 0 heterocycles. The summed E-state index contributed by atoms with van der Waals surface area (Å²) in [6, 6.07) is 0. The third-order valence-corrected chi connectivity index (χ3v) is 3.52. The van der Waals surface area contributed by atoms with Gasteiger partial charge in [-0.05, 0) is 44.9 Å². The van der Waals surface area contributed by atoms with Crippen LogP contribution in [0, 0.1) is 11.8 Å². The van der Waals surface area contributed by atoms with Crippen LogP contribution in [-0.2, 0) is 0 Å². The largest absolute Gasteiger partial charge is 0.240 e. The quantitative estimate of drug-likeness (QED) is 0.527. The van der Waals surface area contributed by atoms with E-state index in [4.69, 9.17) is 0 Å². The Hall–Kier alpha value is -0.330. The van der Waals surface area contributed by atoms with E-state index in [9.17, 15) is 4.39 Å². The van der Waals surface area contributed by atoms with Crippen LogP contribution in [0.25, 0.3) is 0 Å². The van der Waals surface area contributed by atoms with Crippen LogP contribution in [0.3, 0.4) is 0 Å². The van der Waals surface area contributed by atoms with Gasteiger partial charge in [-0.1, -0.05) is 38.3 Å². The van der Waals surface area contributed by atoms with Crippen molar-refractivity contribution in [3.05, 3.63) is 12.2 Å². The predicted molar refractivity (Wildman–Crippen MR) is 64.7 cm³/mol. The molecular formula is C14H25F. The van der Waals surface area contributed by atoms with E-state index in [-0.39, 0.29) is 0 Å². The van der Waals surface area contributed by atoms with Crippen LogP contribution >= 0.6 is 0 Å². The van der Waals surface area contributed by atoms with Crippen molar-refractivity contribution < 1.29 is 4.39 Å². The van der Waals surface area contributed by atoms with Gasteiger partial charge >= 0.3 is 0 Å². The first-order valence-corrected chi connectivity index (χ1v) is 6.42. The first-order chi connectivity index (χ1) is 7.09. The first-order valence-electron chi connectivity index (χ1n) is 6.42. The van der Waals surface area contributed by atoms with E-state index >= 15 is 0 Å². The molecule has 1 rings (SSSR count). The molecule has 0 N–H and O–H groups in total. The second kappa shape index (κ2) is 5.67. The third kappa shape index (κ3) is 4.81. The van der Waals surface area contributed by atoms with Crippen molar-refractivity contribution in [3.63, 3.8) is 0 Å². The van der Waals surface area contributed by atoms with Gasteiger partial charge in [-0.25, -0.2) is 4.39 Å². The van der Waals surface area contributed by atoms with Gasteiger partial charge < -0.3 is 0 Å². The van der Waals surface area contributed by atoms with Gasteiger partial charge in [0, 0.05) is 0 Å².